The molecule has 0 bridgehead atoms. The number of hydrogen-bond acceptors (Lipinski definition) is 3. The Bertz CT molecular complexity index is 580. The van der Waals surface area contributed by atoms with E-state index in [-0.39, 0.29) is 0 Å². The van der Waals surface area contributed by atoms with Crippen LogP contribution in [0.3, 0.4) is 0 Å². The molecule has 4 nitrogen and oxygen atoms in total. The number of carbonyl (C=O) groups is 1. The molecule has 1 aromatic rings. The lowest BCUT2D eigenvalue weighted by molar-refractivity contribution is -0.137. The van der Waals surface area contributed by atoms with Crippen LogP contribution in [0, 0.1) is 0 Å². The first-order valence-electron chi connectivity index (χ1n) is 6.56. The zero-order valence-electron chi connectivity index (χ0n) is 12.7. The molecule has 0 aromatic heterocycles. The van der Waals surface area contributed by atoms with Crippen LogP contribution in [-0.2, 0) is 16.8 Å². The molecule has 0 unspecified atom stereocenters. The van der Waals surface area contributed by atoms with Crippen molar-refractivity contribution in [2.45, 2.75) is 38.5 Å². The number of nitrogens with two attached hydrogens (primary N) is 1. The molecule has 23 heavy (non-hydrogen) atoms. The zero-order valence-corrected chi connectivity index (χ0v) is 12.7. The molecule has 0 fully saturated rings. The Hall–Kier alpha value is -1.90. The standard InChI is InChI=1S/C14H17F5N2O2/c1-12(2,3)23-11(22)21-10-6-8(14(17,18)19)4-5-9(10)13(15,16)7-20/h4-6H,7,20H2,1-3H3,(H,21,22). The van der Waals surface area contributed by atoms with Gasteiger partial charge in [0.15, 0.2) is 0 Å². The van der Waals surface area contributed by atoms with Crippen LogP contribution in [0.15, 0.2) is 18.2 Å². The van der Waals surface area contributed by atoms with E-state index in [0.717, 1.165) is 0 Å². The molecule has 1 amide bonds. The van der Waals surface area contributed by atoms with Crippen molar-refractivity contribution in [2.24, 2.45) is 5.73 Å². The molecule has 0 aliphatic carbocycles. The molecule has 0 spiro atoms. The number of carbonyl (C=O) groups excluding carboxylic acids is 1. The van der Waals surface area contributed by atoms with Crippen LogP contribution in [0.25, 0.3) is 0 Å². The van der Waals surface area contributed by atoms with Crippen LogP contribution in [0.4, 0.5) is 32.4 Å². The summed E-state index contributed by atoms with van der Waals surface area (Å²) in [6.07, 6.45) is -5.90. The van der Waals surface area contributed by atoms with Gasteiger partial charge in [0.25, 0.3) is 5.92 Å². The van der Waals surface area contributed by atoms with Crippen molar-refractivity contribution in [1.29, 1.82) is 0 Å². The Labute approximate surface area is 129 Å². The van der Waals surface area contributed by atoms with Crippen molar-refractivity contribution in [3.8, 4) is 0 Å². The molecule has 130 valence electrons. The summed E-state index contributed by atoms with van der Waals surface area (Å²) in [6.45, 7) is 3.44. The molecule has 1 aromatic carbocycles. The van der Waals surface area contributed by atoms with Gasteiger partial charge in [-0.3, -0.25) is 5.32 Å². The highest BCUT2D eigenvalue weighted by atomic mass is 19.4. The molecular weight excluding hydrogens is 323 g/mol. The third-order valence-corrected chi connectivity index (χ3v) is 2.63. The van der Waals surface area contributed by atoms with Gasteiger partial charge in [-0.25, -0.2) is 4.79 Å². The Morgan fingerprint density at radius 2 is 1.74 bits per heavy atom. The lowest BCUT2D eigenvalue weighted by atomic mass is 10.0. The Morgan fingerprint density at radius 3 is 2.17 bits per heavy atom. The van der Waals surface area contributed by atoms with E-state index in [1.165, 1.54) is 20.8 Å². The molecule has 0 heterocycles. The average Bonchev–Trinajstić information content (AvgIpc) is 2.35. The van der Waals surface area contributed by atoms with E-state index in [2.05, 4.69) is 0 Å². The topological polar surface area (TPSA) is 64.3 Å². The second-order valence-electron chi connectivity index (χ2n) is 5.79. The lowest BCUT2D eigenvalue weighted by Gasteiger charge is -2.23. The zero-order chi connectivity index (χ0) is 18.1. The monoisotopic (exact) mass is 340 g/mol. The van der Waals surface area contributed by atoms with Gasteiger partial charge in [0.05, 0.1) is 17.8 Å². The van der Waals surface area contributed by atoms with Crippen molar-refractivity contribution in [2.75, 3.05) is 11.9 Å². The van der Waals surface area contributed by atoms with E-state index in [9.17, 15) is 26.7 Å². The number of benzene rings is 1. The number of rotatable bonds is 3. The maximum absolute atomic E-state index is 13.8. The maximum Gasteiger partial charge on any atom is 0.416 e. The predicted octanol–water partition coefficient (Wildman–Crippen LogP) is 4.10. The van der Waals surface area contributed by atoms with E-state index < -0.39 is 47.2 Å². The Kier molecular flexibility index (Phi) is 5.25. The third kappa shape index (κ3) is 5.34. The van der Waals surface area contributed by atoms with Gasteiger partial charge in [0.2, 0.25) is 0 Å². The molecular formula is C14H17F5N2O2. The average molecular weight is 340 g/mol. The fraction of sp³-hybridized carbons (Fsp3) is 0.500. The van der Waals surface area contributed by atoms with E-state index in [1.807, 2.05) is 5.32 Å². The minimum absolute atomic E-state index is 0.419. The predicted molar refractivity (Wildman–Crippen MR) is 74.2 cm³/mol. The fourth-order valence-electron chi connectivity index (χ4n) is 1.67. The van der Waals surface area contributed by atoms with E-state index in [4.69, 9.17) is 10.5 Å². The van der Waals surface area contributed by atoms with Crippen LogP contribution in [-0.4, -0.2) is 18.2 Å². The number of nitrogens with one attached hydrogen (secondary N) is 1. The summed E-state index contributed by atoms with van der Waals surface area (Å²) >= 11 is 0. The lowest BCUT2D eigenvalue weighted by Crippen LogP contribution is -2.30. The summed E-state index contributed by atoms with van der Waals surface area (Å²) in [5, 5.41) is 1.92. The molecule has 1 rings (SSSR count). The summed E-state index contributed by atoms with van der Waals surface area (Å²) in [5.74, 6) is -3.60. The van der Waals surface area contributed by atoms with Crippen molar-refractivity contribution < 1.29 is 31.5 Å². The molecule has 0 saturated carbocycles. The fourth-order valence-corrected chi connectivity index (χ4v) is 1.67. The van der Waals surface area contributed by atoms with E-state index >= 15 is 0 Å². The molecule has 3 N–H and O–H groups in total. The number of ether oxygens (including phenoxy) is 1. The number of hydrogen-bond donors (Lipinski definition) is 2. The molecule has 0 atom stereocenters. The van der Waals surface area contributed by atoms with Crippen molar-refractivity contribution >= 4 is 11.8 Å². The highest BCUT2D eigenvalue weighted by Gasteiger charge is 2.37. The number of anilines is 1. The van der Waals surface area contributed by atoms with Crippen LogP contribution < -0.4 is 11.1 Å². The molecule has 0 aliphatic heterocycles. The molecule has 0 saturated heterocycles. The normalized spacial score (nSPS) is 12.9. The smallest absolute Gasteiger partial charge is 0.416 e. The van der Waals surface area contributed by atoms with Crippen molar-refractivity contribution in [3.63, 3.8) is 0 Å². The van der Waals surface area contributed by atoms with Gasteiger partial charge < -0.3 is 10.5 Å². The summed E-state index contributed by atoms with van der Waals surface area (Å²) in [4.78, 5) is 11.7. The Balaban J connectivity index is 3.26. The van der Waals surface area contributed by atoms with Gasteiger partial charge in [-0.05, 0) is 32.9 Å². The minimum atomic E-state index is -4.75. The van der Waals surface area contributed by atoms with Gasteiger partial charge >= 0.3 is 12.3 Å². The molecule has 0 aliphatic rings. The van der Waals surface area contributed by atoms with Gasteiger partial charge in [0, 0.05) is 5.56 Å². The first-order chi connectivity index (χ1) is 10.3. The highest BCUT2D eigenvalue weighted by Crippen LogP contribution is 2.37. The number of amides is 1. The first kappa shape index (κ1) is 19.1. The summed E-state index contributed by atoms with van der Waals surface area (Å²) in [5.41, 5.74) is 1.30. The van der Waals surface area contributed by atoms with Gasteiger partial charge in [0.1, 0.15) is 5.60 Å². The van der Waals surface area contributed by atoms with Gasteiger partial charge in [-0.15, -0.1) is 0 Å². The van der Waals surface area contributed by atoms with Gasteiger partial charge in [-0.1, -0.05) is 6.07 Å². The number of halogens is 5. The summed E-state index contributed by atoms with van der Waals surface area (Å²) < 4.78 is 70.6. The van der Waals surface area contributed by atoms with Crippen molar-refractivity contribution in [3.05, 3.63) is 29.3 Å². The third-order valence-electron chi connectivity index (χ3n) is 2.63. The maximum atomic E-state index is 13.8. The first-order valence-corrected chi connectivity index (χ1v) is 6.56. The summed E-state index contributed by atoms with van der Waals surface area (Å²) in [6, 6.07) is 1.50. The summed E-state index contributed by atoms with van der Waals surface area (Å²) in [7, 11) is 0. The highest BCUT2D eigenvalue weighted by molar-refractivity contribution is 5.86. The van der Waals surface area contributed by atoms with Crippen LogP contribution >= 0.6 is 0 Å². The van der Waals surface area contributed by atoms with E-state index in [0.29, 0.717) is 18.2 Å². The largest absolute Gasteiger partial charge is 0.444 e. The van der Waals surface area contributed by atoms with Crippen LogP contribution in [0.5, 0.6) is 0 Å². The van der Waals surface area contributed by atoms with Crippen LogP contribution in [0.2, 0.25) is 0 Å². The van der Waals surface area contributed by atoms with E-state index in [1.54, 1.807) is 0 Å². The van der Waals surface area contributed by atoms with Crippen LogP contribution in [0.1, 0.15) is 31.9 Å². The SMILES string of the molecule is CC(C)(C)OC(=O)Nc1cc(C(F)(F)F)ccc1C(F)(F)CN. The Morgan fingerprint density at radius 1 is 1.17 bits per heavy atom. The second kappa shape index (κ2) is 6.31. The van der Waals surface area contributed by atoms with Crippen molar-refractivity contribution in [1.82, 2.24) is 0 Å². The number of alkyl halides is 5. The molecule has 0 radical (unpaired) electrons. The van der Waals surface area contributed by atoms with Gasteiger partial charge in [-0.2, -0.15) is 22.0 Å². The second-order valence-corrected chi connectivity index (χ2v) is 5.79. The molecule has 9 heteroatoms. The quantitative estimate of drug-likeness (QED) is 0.814. The minimum Gasteiger partial charge on any atom is -0.444 e.